The van der Waals surface area contributed by atoms with Crippen LogP contribution in [0.15, 0.2) is 0 Å². The van der Waals surface area contributed by atoms with Crippen LogP contribution in [0.4, 0.5) is 0 Å². The maximum absolute atomic E-state index is 6.78. The Morgan fingerprint density at radius 3 is 1.36 bits per heavy atom. The van der Waals surface area contributed by atoms with Gasteiger partial charge < -0.3 is 4.52 Å². The van der Waals surface area contributed by atoms with Crippen LogP contribution in [-0.2, 0) is 4.52 Å². The van der Waals surface area contributed by atoms with Gasteiger partial charge in [-0.3, -0.25) is 0 Å². The lowest BCUT2D eigenvalue weighted by molar-refractivity contribution is 0.117. The van der Waals surface area contributed by atoms with E-state index in [9.17, 15) is 0 Å². The van der Waals surface area contributed by atoms with E-state index in [0.29, 0.717) is 30.3 Å². The first-order valence-corrected chi connectivity index (χ1v) is 10.5. The zero-order chi connectivity index (χ0) is 16.9. The monoisotopic (exact) mass is 330 g/mol. The van der Waals surface area contributed by atoms with Crippen molar-refractivity contribution in [2.75, 3.05) is 0 Å². The molecule has 4 heteroatoms. The molecule has 1 fully saturated rings. The van der Waals surface area contributed by atoms with Gasteiger partial charge in [0.05, 0.1) is 6.10 Å². The lowest BCUT2D eigenvalue weighted by atomic mass is 9.98. The average molecular weight is 330 g/mol. The molecular formula is C18H39N2OP. The highest BCUT2D eigenvalue weighted by atomic mass is 31.2. The molecule has 22 heavy (non-hydrogen) atoms. The summed E-state index contributed by atoms with van der Waals surface area (Å²) >= 11 is 0. The van der Waals surface area contributed by atoms with E-state index in [-0.39, 0.29) is 0 Å². The molecule has 0 saturated heterocycles. The van der Waals surface area contributed by atoms with Gasteiger partial charge >= 0.3 is 0 Å². The first kappa shape index (κ1) is 20.4. The fourth-order valence-electron chi connectivity index (χ4n) is 3.51. The Kier molecular flexibility index (Phi) is 8.85. The van der Waals surface area contributed by atoms with E-state index in [2.05, 4.69) is 64.7 Å². The molecule has 0 radical (unpaired) electrons. The standard InChI is InChI=1S/C18H39N2OP/c1-14(2)19(15(3)4)22(20(16(5)6)17(7)8)21-18-12-10-9-11-13-18/h14-18H,9-13H2,1-8H3. The second-order valence-corrected chi connectivity index (χ2v) is 9.39. The third-order valence-electron chi connectivity index (χ3n) is 4.31. The van der Waals surface area contributed by atoms with Gasteiger partial charge in [-0.15, -0.1) is 0 Å². The van der Waals surface area contributed by atoms with Crippen LogP contribution in [0.5, 0.6) is 0 Å². The molecular weight excluding hydrogens is 291 g/mol. The van der Waals surface area contributed by atoms with E-state index in [0.717, 1.165) is 0 Å². The lowest BCUT2D eigenvalue weighted by Crippen LogP contribution is -2.44. The molecule has 1 aliphatic rings. The normalized spacial score (nSPS) is 18.1. The maximum Gasteiger partial charge on any atom is 0.189 e. The Bertz CT molecular complexity index is 265. The van der Waals surface area contributed by atoms with Crippen LogP contribution >= 0.6 is 8.45 Å². The van der Waals surface area contributed by atoms with Gasteiger partial charge in [-0.25, -0.2) is 9.34 Å². The van der Waals surface area contributed by atoms with Crippen molar-refractivity contribution in [2.45, 2.75) is 118 Å². The fraction of sp³-hybridized carbons (Fsp3) is 1.00. The van der Waals surface area contributed by atoms with Crippen LogP contribution in [0.3, 0.4) is 0 Å². The van der Waals surface area contributed by atoms with Gasteiger partial charge in [0, 0.05) is 24.2 Å². The summed E-state index contributed by atoms with van der Waals surface area (Å²) in [5, 5.41) is 0. The Morgan fingerprint density at radius 2 is 1.05 bits per heavy atom. The Hall–Kier alpha value is 0.310. The van der Waals surface area contributed by atoms with Crippen molar-refractivity contribution in [1.29, 1.82) is 0 Å². The molecule has 0 N–H and O–H groups in total. The first-order valence-electron chi connectivity index (χ1n) is 9.29. The molecule has 0 aromatic rings. The van der Waals surface area contributed by atoms with Gasteiger partial charge in [0.2, 0.25) is 0 Å². The van der Waals surface area contributed by atoms with Crippen LogP contribution in [0.1, 0.15) is 87.5 Å². The molecule has 132 valence electrons. The molecule has 1 aliphatic carbocycles. The van der Waals surface area contributed by atoms with Gasteiger partial charge in [-0.2, -0.15) is 0 Å². The number of hydrogen-bond acceptors (Lipinski definition) is 3. The molecule has 0 atom stereocenters. The van der Waals surface area contributed by atoms with Crippen molar-refractivity contribution >= 4 is 8.45 Å². The minimum atomic E-state index is -0.702. The summed E-state index contributed by atoms with van der Waals surface area (Å²) in [7, 11) is -0.702. The molecule has 0 aliphatic heterocycles. The highest BCUT2D eigenvalue weighted by Crippen LogP contribution is 2.52. The fourth-order valence-corrected chi connectivity index (χ4v) is 6.03. The Morgan fingerprint density at radius 1 is 0.682 bits per heavy atom. The summed E-state index contributed by atoms with van der Waals surface area (Å²) in [6, 6.07) is 2.04. The molecule has 0 aromatic heterocycles. The average Bonchev–Trinajstić information content (AvgIpc) is 2.37. The second-order valence-electron chi connectivity index (χ2n) is 7.75. The van der Waals surface area contributed by atoms with Crippen LogP contribution in [0.2, 0.25) is 0 Å². The molecule has 1 saturated carbocycles. The number of nitrogens with zero attached hydrogens (tertiary/aromatic N) is 2. The number of rotatable bonds is 8. The van der Waals surface area contributed by atoms with Crippen LogP contribution in [-0.4, -0.2) is 39.6 Å². The van der Waals surface area contributed by atoms with E-state index >= 15 is 0 Å². The summed E-state index contributed by atoms with van der Waals surface area (Å²) in [5.41, 5.74) is 0. The van der Waals surface area contributed by atoms with E-state index in [1.807, 2.05) is 0 Å². The van der Waals surface area contributed by atoms with Gasteiger partial charge in [-0.1, -0.05) is 19.3 Å². The van der Waals surface area contributed by atoms with Gasteiger partial charge in [0.1, 0.15) is 0 Å². The van der Waals surface area contributed by atoms with Crippen LogP contribution < -0.4 is 0 Å². The first-order chi connectivity index (χ1) is 10.3. The van der Waals surface area contributed by atoms with Crippen LogP contribution in [0.25, 0.3) is 0 Å². The zero-order valence-corrected chi connectivity index (χ0v) is 17.1. The molecule has 0 unspecified atom stereocenters. The molecule has 0 amide bonds. The second kappa shape index (κ2) is 9.57. The lowest BCUT2D eigenvalue weighted by Gasteiger charge is -2.47. The molecule has 0 spiro atoms. The maximum atomic E-state index is 6.78. The van der Waals surface area contributed by atoms with Gasteiger partial charge in [0.15, 0.2) is 8.45 Å². The van der Waals surface area contributed by atoms with Crippen LogP contribution in [0, 0.1) is 0 Å². The molecule has 1 rings (SSSR count). The third-order valence-corrected chi connectivity index (χ3v) is 7.43. The predicted octanol–water partition coefficient (Wildman–Crippen LogP) is 5.80. The van der Waals surface area contributed by atoms with E-state index in [1.165, 1.54) is 32.1 Å². The molecule has 3 nitrogen and oxygen atoms in total. The molecule has 0 heterocycles. The number of hydrogen-bond donors (Lipinski definition) is 0. The van der Waals surface area contributed by atoms with Gasteiger partial charge in [-0.05, 0) is 68.2 Å². The van der Waals surface area contributed by atoms with Crippen molar-refractivity contribution in [3.63, 3.8) is 0 Å². The summed E-state index contributed by atoms with van der Waals surface area (Å²) in [5.74, 6) is 0. The largest absolute Gasteiger partial charge is 0.328 e. The third kappa shape index (κ3) is 5.74. The predicted molar refractivity (Wildman–Crippen MR) is 99.1 cm³/mol. The minimum absolute atomic E-state index is 0.458. The Balaban J connectivity index is 3.00. The topological polar surface area (TPSA) is 15.7 Å². The highest BCUT2D eigenvalue weighted by Gasteiger charge is 2.36. The van der Waals surface area contributed by atoms with Crippen molar-refractivity contribution in [3.05, 3.63) is 0 Å². The highest BCUT2D eigenvalue weighted by molar-refractivity contribution is 7.47. The quantitative estimate of drug-likeness (QED) is 0.523. The minimum Gasteiger partial charge on any atom is -0.328 e. The summed E-state index contributed by atoms with van der Waals surface area (Å²) in [4.78, 5) is 0. The van der Waals surface area contributed by atoms with E-state index in [1.54, 1.807) is 0 Å². The summed E-state index contributed by atoms with van der Waals surface area (Å²) in [6.45, 7) is 18.4. The smallest absolute Gasteiger partial charge is 0.189 e. The van der Waals surface area contributed by atoms with Crippen molar-refractivity contribution in [3.8, 4) is 0 Å². The molecule has 0 bridgehead atoms. The summed E-state index contributed by atoms with van der Waals surface area (Å²) < 4.78 is 12.0. The van der Waals surface area contributed by atoms with Crippen molar-refractivity contribution in [2.24, 2.45) is 0 Å². The zero-order valence-electron chi connectivity index (χ0n) is 16.2. The Labute approximate surface area is 140 Å². The van der Waals surface area contributed by atoms with Crippen molar-refractivity contribution < 1.29 is 4.52 Å². The molecule has 0 aromatic carbocycles. The summed E-state index contributed by atoms with van der Waals surface area (Å²) in [6.07, 6.45) is 6.99. The van der Waals surface area contributed by atoms with E-state index in [4.69, 9.17) is 4.52 Å². The van der Waals surface area contributed by atoms with Crippen molar-refractivity contribution in [1.82, 2.24) is 9.34 Å². The van der Waals surface area contributed by atoms with Gasteiger partial charge in [0.25, 0.3) is 0 Å². The van der Waals surface area contributed by atoms with E-state index < -0.39 is 8.45 Å². The SMILES string of the molecule is CC(C)N(C(C)C)P(OC1CCCCC1)N(C(C)C)C(C)C.